The van der Waals surface area contributed by atoms with Crippen LogP contribution in [0.2, 0.25) is 0 Å². The lowest BCUT2D eigenvalue weighted by Gasteiger charge is -2.43. The second kappa shape index (κ2) is 7.32. The summed E-state index contributed by atoms with van der Waals surface area (Å²) in [7, 11) is 1.73. The summed E-state index contributed by atoms with van der Waals surface area (Å²) in [6.45, 7) is 5.63. The molecule has 1 aliphatic carbocycles. The summed E-state index contributed by atoms with van der Waals surface area (Å²) < 4.78 is 5.19. The van der Waals surface area contributed by atoms with Crippen LogP contribution in [0.5, 0.6) is 0 Å². The summed E-state index contributed by atoms with van der Waals surface area (Å²) >= 11 is 0. The van der Waals surface area contributed by atoms with Gasteiger partial charge in [-0.05, 0) is 31.1 Å². The number of methoxy groups -OCH3 is 1. The maximum Gasteiger partial charge on any atom is 0.226 e. The van der Waals surface area contributed by atoms with Crippen molar-refractivity contribution in [1.82, 2.24) is 9.80 Å². The van der Waals surface area contributed by atoms with Gasteiger partial charge in [0.25, 0.3) is 0 Å². The molecule has 1 N–H and O–H groups in total. The summed E-state index contributed by atoms with van der Waals surface area (Å²) in [6, 6.07) is 0. The second-order valence-electron chi connectivity index (χ2n) is 7.43. The summed E-state index contributed by atoms with van der Waals surface area (Å²) in [5, 5.41) is 9.83. The maximum atomic E-state index is 12.6. The molecule has 1 amide bonds. The summed E-state index contributed by atoms with van der Waals surface area (Å²) in [5.74, 6) is 0.851. The summed E-state index contributed by atoms with van der Waals surface area (Å²) in [6.07, 6.45) is 8.11. The average molecular weight is 322 g/mol. The first-order chi connectivity index (χ1) is 11.2. The van der Waals surface area contributed by atoms with Crippen LogP contribution in [0.4, 0.5) is 0 Å². The van der Waals surface area contributed by atoms with Gasteiger partial charge in [-0.2, -0.15) is 0 Å². The van der Waals surface area contributed by atoms with Gasteiger partial charge in [-0.25, -0.2) is 0 Å². The zero-order chi connectivity index (χ0) is 16.3. The normalized spacial score (nSPS) is 28.1. The highest BCUT2D eigenvalue weighted by Gasteiger charge is 2.48. The molecule has 2 saturated heterocycles. The molecule has 130 valence electrons. The molecule has 1 spiro atoms. The minimum absolute atomic E-state index is 0.180. The van der Waals surface area contributed by atoms with Crippen molar-refractivity contribution in [2.75, 3.05) is 53.0 Å². The van der Waals surface area contributed by atoms with E-state index in [-0.39, 0.29) is 17.9 Å². The number of piperidine rings is 1. The molecule has 3 aliphatic rings. The maximum absolute atomic E-state index is 12.6. The Bertz CT molecular complexity index is 436. The topological polar surface area (TPSA) is 53.0 Å². The molecule has 2 heterocycles. The number of ether oxygens (including phenoxy) is 1. The van der Waals surface area contributed by atoms with Gasteiger partial charge in [-0.3, -0.25) is 4.79 Å². The number of aliphatic hydroxyl groups is 1. The van der Waals surface area contributed by atoms with Crippen LogP contribution in [-0.2, 0) is 9.53 Å². The number of amides is 1. The van der Waals surface area contributed by atoms with E-state index in [1.807, 2.05) is 0 Å². The van der Waals surface area contributed by atoms with E-state index in [0.717, 1.165) is 65.0 Å². The van der Waals surface area contributed by atoms with Gasteiger partial charge in [0.2, 0.25) is 5.91 Å². The lowest BCUT2D eigenvalue weighted by molar-refractivity contribution is -0.138. The number of carbonyl (C=O) groups is 1. The monoisotopic (exact) mass is 322 g/mol. The molecule has 1 atom stereocenters. The van der Waals surface area contributed by atoms with Crippen LogP contribution in [0.3, 0.4) is 0 Å². The van der Waals surface area contributed by atoms with Crippen molar-refractivity contribution in [3.63, 3.8) is 0 Å². The van der Waals surface area contributed by atoms with Crippen LogP contribution in [0.1, 0.15) is 25.7 Å². The van der Waals surface area contributed by atoms with E-state index in [2.05, 4.69) is 22.0 Å². The van der Waals surface area contributed by atoms with Crippen LogP contribution in [0, 0.1) is 17.3 Å². The van der Waals surface area contributed by atoms with Gasteiger partial charge < -0.3 is 19.6 Å². The molecule has 5 heteroatoms. The Morgan fingerprint density at radius 2 is 2.00 bits per heavy atom. The number of rotatable bonds is 5. The number of likely N-dealkylation sites (tertiary alicyclic amines) is 2. The minimum atomic E-state index is 0.180. The predicted molar refractivity (Wildman–Crippen MR) is 89.0 cm³/mol. The Hall–Kier alpha value is -0.910. The largest absolute Gasteiger partial charge is 0.396 e. The first-order valence-electron chi connectivity index (χ1n) is 8.94. The highest BCUT2D eigenvalue weighted by Crippen LogP contribution is 2.44. The lowest BCUT2D eigenvalue weighted by Crippen LogP contribution is -2.48. The molecule has 0 bridgehead atoms. The Labute approximate surface area is 139 Å². The van der Waals surface area contributed by atoms with E-state index in [1.54, 1.807) is 7.11 Å². The van der Waals surface area contributed by atoms with Gasteiger partial charge in [0.15, 0.2) is 0 Å². The number of aliphatic hydroxyl groups excluding tert-OH is 1. The standard InChI is InChI=1S/C18H30N2O3/c1-23-11-10-19-12-16(13-21)18(14-19)6-8-20(9-7-18)17(22)15-4-2-3-5-15/h2-3,15-16,21H,4-14H2,1H3. The van der Waals surface area contributed by atoms with Crippen molar-refractivity contribution >= 4 is 5.91 Å². The molecule has 1 unspecified atom stereocenters. The van der Waals surface area contributed by atoms with E-state index >= 15 is 0 Å². The highest BCUT2D eigenvalue weighted by molar-refractivity contribution is 5.79. The molecular formula is C18H30N2O3. The predicted octanol–water partition coefficient (Wildman–Crippen LogP) is 1.13. The van der Waals surface area contributed by atoms with E-state index in [1.165, 1.54) is 0 Å². The molecule has 23 heavy (non-hydrogen) atoms. The first kappa shape index (κ1) is 16.9. The third kappa shape index (κ3) is 3.47. The van der Waals surface area contributed by atoms with E-state index in [4.69, 9.17) is 4.74 Å². The molecule has 0 aromatic rings. The first-order valence-corrected chi connectivity index (χ1v) is 8.94. The summed E-state index contributed by atoms with van der Waals surface area (Å²) in [5.41, 5.74) is 0.188. The SMILES string of the molecule is COCCN1CC(CO)C2(CCN(C(=O)C3CC=CC3)CC2)C1. The van der Waals surface area contributed by atoms with Crippen LogP contribution >= 0.6 is 0 Å². The molecule has 0 aromatic heterocycles. The van der Waals surface area contributed by atoms with E-state index < -0.39 is 0 Å². The zero-order valence-electron chi connectivity index (χ0n) is 14.2. The van der Waals surface area contributed by atoms with Crippen molar-refractivity contribution in [3.8, 4) is 0 Å². The van der Waals surface area contributed by atoms with Crippen molar-refractivity contribution in [2.24, 2.45) is 17.3 Å². The van der Waals surface area contributed by atoms with Gasteiger partial charge in [-0.15, -0.1) is 0 Å². The Morgan fingerprint density at radius 1 is 1.30 bits per heavy atom. The fraction of sp³-hybridized carbons (Fsp3) is 0.833. The molecule has 3 rings (SSSR count). The Balaban J connectivity index is 1.56. The number of allylic oxidation sites excluding steroid dienone is 2. The molecule has 0 aromatic carbocycles. The van der Waals surface area contributed by atoms with Crippen LogP contribution in [0.15, 0.2) is 12.2 Å². The van der Waals surface area contributed by atoms with Gasteiger partial charge in [-0.1, -0.05) is 12.2 Å². The molecule has 5 nitrogen and oxygen atoms in total. The summed E-state index contributed by atoms with van der Waals surface area (Å²) in [4.78, 5) is 17.1. The van der Waals surface area contributed by atoms with Gasteiger partial charge in [0.1, 0.15) is 0 Å². The fourth-order valence-electron chi connectivity index (χ4n) is 4.60. The minimum Gasteiger partial charge on any atom is -0.396 e. The van der Waals surface area contributed by atoms with Crippen molar-refractivity contribution in [1.29, 1.82) is 0 Å². The number of hydrogen-bond acceptors (Lipinski definition) is 4. The van der Waals surface area contributed by atoms with Crippen molar-refractivity contribution < 1.29 is 14.6 Å². The molecule has 0 radical (unpaired) electrons. The van der Waals surface area contributed by atoms with Gasteiger partial charge in [0, 0.05) is 58.3 Å². The zero-order valence-corrected chi connectivity index (χ0v) is 14.2. The Morgan fingerprint density at radius 3 is 2.61 bits per heavy atom. The van der Waals surface area contributed by atoms with Gasteiger partial charge in [0.05, 0.1) is 6.61 Å². The molecule has 2 fully saturated rings. The molecule has 0 saturated carbocycles. The highest BCUT2D eigenvalue weighted by atomic mass is 16.5. The lowest BCUT2D eigenvalue weighted by atomic mass is 9.71. The quantitative estimate of drug-likeness (QED) is 0.771. The van der Waals surface area contributed by atoms with Crippen LogP contribution < -0.4 is 0 Å². The van der Waals surface area contributed by atoms with E-state index in [9.17, 15) is 9.90 Å². The van der Waals surface area contributed by atoms with Crippen LogP contribution in [0.25, 0.3) is 0 Å². The third-order valence-corrected chi connectivity index (χ3v) is 6.14. The molecule has 2 aliphatic heterocycles. The van der Waals surface area contributed by atoms with Crippen LogP contribution in [-0.4, -0.2) is 73.9 Å². The number of carbonyl (C=O) groups excluding carboxylic acids is 1. The number of hydrogen-bond donors (Lipinski definition) is 1. The van der Waals surface area contributed by atoms with E-state index in [0.29, 0.717) is 11.8 Å². The van der Waals surface area contributed by atoms with Crippen molar-refractivity contribution in [3.05, 3.63) is 12.2 Å². The van der Waals surface area contributed by atoms with Crippen molar-refractivity contribution in [2.45, 2.75) is 25.7 Å². The second-order valence-corrected chi connectivity index (χ2v) is 7.43. The average Bonchev–Trinajstić information content (AvgIpc) is 3.21. The fourth-order valence-corrected chi connectivity index (χ4v) is 4.60. The molecular weight excluding hydrogens is 292 g/mol. The number of nitrogens with zero attached hydrogens (tertiary/aromatic N) is 2. The Kier molecular flexibility index (Phi) is 5.39. The van der Waals surface area contributed by atoms with Gasteiger partial charge >= 0.3 is 0 Å². The third-order valence-electron chi connectivity index (χ3n) is 6.14. The smallest absolute Gasteiger partial charge is 0.226 e.